The van der Waals surface area contributed by atoms with Gasteiger partial charge in [0, 0.05) is 36.0 Å². The molecule has 4 rings (SSSR count). The normalized spacial score (nSPS) is 14.0. The molecule has 128 valence electrons. The highest BCUT2D eigenvalue weighted by atomic mass is 32.1. The van der Waals surface area contributed by atoms with E-state index in [1.165, 1.54) is 16.9 Å². The minimum Gasteiger partial charge on any atom is -0.395 e. The molecule has 0 bridgehead atoms. The molecular formula is C19H19N3O2S. The molecule has 2 N–H and O–H groups in total. The number of nitrogens with zero attached hydrogens (tertiary/aromatic N) is 2. The molecule has 1 aliphatic rings. The lowest BCUT2D eigenvalue weighted by atomic mass is 10.0. The number of fused-ring (bicyclic) bond motifs is 3. The number of aromatic nitrogens is 1. The zero-order chi connectivity index (χ0) is 17.4. The molecule has 0 atom stereocenters. The van der Waals surface area contributed by atoms with Gasteiger partial charge in [0.1, 0.15) is 4.83 Å². The van der Waals surface area contributed by atoms with Crippen molar-refractivity contribution in [2.45, 2.75) is 13.3 Å². The van der Waals surface area contributed by atoms with Crippen molar-refractivity contribution < 1.29 is 9.90 Å². The van der Waals surface area contributed by atoms with E-state index in [2.05, 4.69) is 10.3 Å². The van der Waals surface area contributed by atoms with Crippen LogP contribution in [0.3, 0.4) is 0 Å². The summed E-state index contributed by atoms with van der Waals surface area (Å²) in [5, 5.41) is 13.3. The first kappa shape index (κ1) is 16.1. The lowest BCUT2D eigenvalue weighted by molar-refractivity contribution is 0.0985. The standard InChI is InChI=1S/C19H19N3O2S/c1-12-2-4-13(5-3-12)22-10-7-14-16-15(20-9-11-23)6-8-21-18(16)25-17(14)19(22)24/h2-6,8,23H,7,9-11H2,1H3,(H,20,21). The van der Waals surface area contributed by atoms with Gasteiger partial charge in [0.15, 0.2) is 0 Å². The summed E-state index contributed by atoms with van der Waals surface area (Å²) in [7, 11) is 0. The summed E-state index contributed by atoms with van der Waals surface area (Å²) >= 11 is 1.45. The van der Waals surface area contributed by atoms with Crippen LogP contribution < -0.4 is 10.2 Å². The molecule has 0 unspecified atom stereocenters. The molecule has 2 aromatic heterocycles. The maximum Gasteiger partial charge on any atom is 0.268 e. The second-order valence-corrected chi connectivity index (χ2v) is 7.14. The number of aryl methyl sites for hydroxylation is 1. The van der Waals surface area contributed by atoms with Gasteiger partial charge in [-0.15, -0.1) is 11.3 Å². The van der Waals surface area contributed by atoms with Crippen LogP contribution in [-0.2, 0) is 6.42 Å². The van der Waals surface area contributed by atoms with Gasteiger partial charge in [-0.05, 0) is 37.1 Å². The summed E-state index contributed by atoms with van der Waals surface area (Å²) < 4.78 is 0. The molecule has 0 aliphatic carbocycles. The number of pyridine rings is 1. The van der Waals surface area contributed by atoms with Gasteiger partial charge in [-0.3, -0.25) is 4.79 Å². The zero-order valence-corrected chi connectivity index (χ0v) is 14.8. The molecule has 25 heavy (non-hydrogen) atoms. The Kier molecular flexibility index (Phi) is 4.15. The number of carbonyl (C=O) groups excluding carboxylic acids is 1. The highest BCUT2D eigenvalue weighted by Crippen LogP contribution is 2.39. The largest absolute Gasteiger partial charge is 0.395 e. The maximum absolute atomic E-state index is 13.0. The number of anilines is 2. The number of thiophene rings is 1. The minimum atomic E-state index is 0.0428. The van der Waals surface area contributed by atoms with Crippen molar-refractivity contribution in [2.24, 2.45) is 0 Å². The van der Waals surface area contributed by atoms with Gasteiger partial charge in [0.2, 0.25) is 0 Å². The van der Waals surface area contributed by atoms with E-state index >= 15 is 0 Å². The van der Waals surface area contributed by atoms with Crippen molar-refractivity contribution >= 4 is 38.8 Å². The summed E-state index contributed by atoms with van der Waals surface area (Å²) in [4.78, 5) is 21.0. The fourth-order valence-electron chi connectivity index (χ4n) is 3.25. The highest BCUT2D eigenvalue weighted by Gasteiger charge is 2.30. The van der Waals surface area contributed by atoms with Gasteiger partial charge in [-0.1, -0.05) is 17.7 Å². The summed E-state index contributed by atoms with van der Waals surface area (Å²) in [6, 6.07) is 9.96. The smallest absolute Gasteiger partial charge is 0.268 e. The minimum absolute atomic E-state index is 0.0428. The molecule has 0 fully saturated rings. The number of benzene rings is 1. The number of aliphatic hydroxyl groups is 1. The van der Waals surface area contributed by atoms with Gasteiger partial charge in [-0.25, -0.2) is 4.98 Å². The molecule has 1 aliphatic heterocycles. The van der Waals surface area contributed by atoms with E-state index in [9.17, 15) is 4.79 Å². The Morgan fingerprint density at radius 3 is 2.84 bits per heavy atom. The Morgan fingerprint density at radius 1 is 1.28 bits per heavy atom. The van der Waals surface area contributed by atoms with Gasteiger partial charge in [0.25, 0.3) is 5.91 Å². The first-order valence-electron chi connectivity index (χ1n) is 8.32. The fraction of sp³-hybridized carbons (Fsp3) is 0.263. The molecule has 1 aromatic carbocycles. The van der Waals surface area contributed by atoms with E-state index in [0.29, 0.717) is 13.1 Å². The number of aliphatic hydroxyl groups excluding tert-OH is 1. The van der Waals surface area contributed by atoms with Crippen LogP contribution in [0.4, 0.5) is 11.4 Å². The van der Waals surface area contributed by atoms with Gasteiger partial charge in [-0.2, -0.15) is 0 Å². The monoisotopic (exact) mass is 353 g/mol. The van der Waals surface area contributed by atoms with Crippen LogP contribution in [0.15, 0.2) is 36.5 Å². The molecule has 1 amide bonds. The molecule has 3 heterocycles. The molecule has 0 spiro atoms. The van der Waals surface area contributed by atoms with E-state index in [0.717, 1.165) is 38.5 Å². The first-order valence-corrected chi connectivity index (χ1v) is 9.14. The van der Waals surface area contributed by atoms with Crippen LogP contribution in [0.5, 0.6) is 0 Å². The average Bonchev–Trinajstić information content (AvgIpc) is 3.01. The Bertz CT molecular complexity index is 934. The predicted molar refractivity (Wildman–Crippen MR) is 102 cm³/mol. The Morgan fingerprint density at radius 2 is 2.08 bits per heavy atom. The SMILES string of the molecule is Cc1ccc(N2CCc3c(sc4nccc(NCCO)c34)C2=O)cc1. The van der Waals surface area contributed by atoms with Crippen molar-refractivity contribution in [3.8, 4) is 0 Å². The van der Waals surface area contributed by atoms with Crippen LogP contribution in [-0.4, -0.2) is 35.7 Å². The fourth-order valence-corrected chi connectivity index (χ4v) is 4.42. The number of rotatable bonds is 4. The first-order chi connectivity index (χ1) is 12.2. The molecule has 3 aromatic rings. The van der Waals surface area contributed by atoms with Crippen molar-refractivity contribution in [2.75, 3.05) is 29.9 Å². The topological polar surface area (TPSA) is 65.5 Å². The van der Waals surface area contributed by atoms with Crippen LogP contribution >= 0.6 is 11.3 Å². The molecule has 0 radical (unpaired) electrons. The molecular weight excluding hydrogens is 334 g/mol. The Balaban J connectivity index is 1.75. The average molecular weight is 353 g/mol. The van der Waals surface area contributed by atoms with Crippen molar-refractivity contribution in [1.82, 2.24) is 4.98 Å². The predicted octanol–water partition coefficient (Wildman–Crippen LogP) is 3.21. The maximum atomic E-state index is 13.0. The lowest BCUT2D eigenvalue weighted by Gasteiger charge is -2.27. The number of nitrogens with one attached hydrogen (secondary N) is 1. The Hall–Kier alpha value is -2.44. The second-order valence-electron chi connectivity index (χ2n) is 6.14. The third-order valence-corrected chi connectivity index (χ3v) is 5.62. The summed E-state index contributed by atoms with van der Waals surface area (Å²) in [6.07, 6.45) is 2.54. The van der Waals surface area contributed by atoms with Crippen LogP contribution in [0, 0.1) is 6.92 Å². The molecule has 6 heteroatoms. The third-order valence-electron chi connectivity index (χ3n) is 4.49. The van der Waals surface area contributed by atoms with Crippen molar-refractivity contribution in [3.63, 3.8) is 0 Å². The van der Waals surface area contributed by atoms with Gasteiger partial charge < -0.3 is 15.3 Å². The highest BCUT2D eigenvalue weighted by molar-refractivity contribution is 7.20. The van der Waals surface area contributed by atoms with Gasteiger partial charge in [0.05, 0.1) is 11.5 Å². The van der Waals surface area contributed by atoms with E-state index in [4.69, 9.17) is 5.11 Å². The van der Waals surface area contributed by atoms with E-state index in [1.807, 2.05) is 42.2 Å². The molecule has 5 nitrogen and oxygen atoms in total. The second kappa shape index (κ2) is 6.46. The van der Waals surface area contributed by atoms with E-state index < -0.39 is 0 Å². The molecule has 0 saturated carbocycles. The van der Waals surface area contributed by atoms with Crippen LogP contribution in [0.1, 0.15) is 20.8 Å². The summed E-state index contributed by atoms with van der Waals surface area (Å²) in [5.74, 6) is 0.0428. The molecule has 0 saturated heterocycles. The quantitative estimate of drug-likeness (QED) is 0.756. The third kappa shape index (κ3) is 2.77. The van der Waals surface area contributed by atoms with Crippen molar-refractivity contribution in [3.05, 3.63) is 52.5 Å². The Labute approximate surface area is 149 Å². The van der Waals surface area contributed by atoms with E-state index in [-0.39, 0.29) is 12.5 Å². The summed E-state index contributed by atoms with van der Waals surface area (Å²) in [6.45, 7) is 3.25. The zero-order valence-electron chi connectivity index (χ0n) is 14.0. The van der Waals surface area contributed by atoms with E-state index in [1.54, 1.807) is 6.20 Å². The van der Waals surface area contributed by atoms with Crippen LogP contribution in [0.2, 0.25) is 0 Å². The number of carbonyl (C=O) groups is 1. The van der Waals surface area contributed by atoms with Gasteiger partial charge >= 0.3 is 0 Å². The van der Waals surface area contributed by atoms with Crippen molar-refractivity contribution in [1.29, 1.82) is 0 Å². The summed E-state index contributed by atoms with van der Waals surface area (Å²) in [5.41, 5.74) is 4.12. The number of amides is 1. The number of hydrogen-bond acceptors (Lipinski definition) is 5. The lowest BCUT2D eigenvalue weighted by Crippen LogP contribution is -2.36. The van der Waals surface area contributed by atoms with Crippen LogP contribution in [0.25, 0.3) is 10.2 Å². The number of hydrogen-bond donors (Lipinski definition) is 2.